The van der Waals surface area contributed by atoms with Crippen LogP contribution in [0.3, 0.4) is 0 Å². The summed E-state index contributed by atoms with van der Waals surface area (Å²) in [5.74, 6) is 1.76. The van der Waals surface area contributed by atoms with Gasteiger partial charge in [0.15, 0.2) is 0 Å². The van der Waals surface area contributed by atoms with Crippen molar-refractivity contribution >= 4 is 5.82 Å². The number of anilines is 1. The molecule has 0 aromatic carbocycles. The van der Waals surface area contributed by atoms with Crippen LogP contribution in [0.5, 0.6) is 0 Å². The van der Waals surface area contributed by atoms with Crippen LogP contribution in [-0.2, 0) is 13.0 Å². The molecule has 2 aromatic rings. The van der Waals surface area contributed by atoms with Crippen molar-refractivity contribution in [2.24, 2.45) is 0 Å². The first-order valence-corrected chi connectivity index (χ1v) is 6.91. The van der Waals surface area contributed by atoms with Crippen molar-refractivity contribution in [2.75, 3.05) is 11.9 Å². The molecule has 0 bridgehead atoms. The highest BCUT2D eigenvalue weighted by atomic mass is 15.3. The Balaban J connectivity index is 2.32. The van der Waals surface area contributed by atoms with E-state index in [1.807, 2.05) is 23.1 Å². The molecule has 0 radical (unpaired) electrons. The summed E-state index contributed by atoms with van der Waals surface area (Å²) in [6.07, 6.45) is 5.78. The lowest BCUT2D eigenvalue weighted by molar-refractivity contribution is 0.660. The molecule has 102 valence electrons. The molecule has 1 N–H and O–H groups in total. The molecule has 0 spiro atoms. The van der Waals surface area contributed by atoms with Crippen molar-refractivity contribution in [2.45, 2.75) is 40.2 Å². The molecule has 19 heavy (non-hydrogen) atoms. The van der Waals surface area contributed by atoms with Crippen LogP contribution in [0.25, 0.3) is 11.3 Å². The van der Waals surface area contributed by atoms with Crippen molar-refractivity contribution in [3.05, 3.63) is 24.3 Å². The maximum atomic E-state index is 4.57. The Kier molecular flexibility index (Phi) is 4.49. The highest BCUT2D eigenvalue weighted by molar-refractivity contribution is 5.60. The van der Waals surface area contributed by atoms with Gasteiger partial charge < -0.3 is 5.32 Å². The van der Waals surface area contributed by atoms with Crippen LogP contribution in [0.15, 0.2) is 18.5 Å². The van der Waals surface area contributed by atoms with E-state index in [0.717, 1.165) is 48.8 Å². The SMILES string of the molecule is CCCNc1cc(-c2cnn(CC)c2)nc(CC)n1. The minimum absolute atomic E-state index is 0.830. The van der Waals surface area contributed by atoms with Crippen molar-refractivity contribution in [1.82, 2.24) is 19.7 Å². The molecule has 5 nitrogen and oxygen atoms in total. The van der Waals surface area contributed by atoms with Crippen LogP contribution >= 0.6 is 0 Å². The number of hydrogen-bond donors (Lipinski definition) is 1. The molecular weight excluding hydrogens is 238 g/mol. The average Bonchev–Trinajstić information content (AvgIpc) is 2.93. The van der Waals surface area contributed by atoms with E-state index in [1.165, 1.54) is 0 Å². The van der Waals surface area contributed by atoms with Crippen LogP contribution < -0.4 is 5.32 Å². The molecule has 0 unspecified atom stereocenters. The largest absolute Gasteiger partial charge is 0.370 e. The van der Waals surface area contributed by atoms with Crippen molar-refractivity contribution in [1.29, 1.82) is 0 Å². The summed E-state index contributed by atoms with van der Waals surface area (Å²) in [5.41, 5.74) is 1.98. The lowest BCUT2D eigenvalue weighted by Crippen LogP contribution is -2.05. The predicted octanol–water partition coefficient (Wildman–Crippen LogP) is 2.74. The number of rotatable bonds is 6. The van der Waals surface area contributed by atoms with E-state index in [4.69, 9.17) is 0 Å². The number of hydrogen-bond acceptors (Lipinski definition) is 4. The Morgan fingerprint density at radius 1 is 1.21 bits per heavy atom. The van der Waals surface area contributed by atoms with Crippen molar-refractivity contribution < 1.29 is 0 Å². The normalized spacial score (nSPS) is 10.7. The first-order valence-electron chi connectivity index (χ1n) is 6.91. The van der Waals surface area contributed by atoms with Gasteiger partial charge in [-0.15, -0.1) is 0 Å². The predicted molar refractivity (Wildman–Crippen MR) is 77.1 cm³/mol. The zero-order chi connectivity index (χ0) is 13.7. The van der Waals surface area contributed by atoms with E-state index in [2.05, 4.69) is 41.2 Å². The molecule has 2 aromatic heterocycles. The maximum absolute atomic E-state index is 4.57. The fraction of sp³-hybridized carbons (Fsp3) is 0.500. The maximum Gasteiger partial charge on any atom is 0.131 e. The monoisotopic (exact) mass is 259 g/mol. The molecule has 5 heteroatoms. The molecule has 0 fully saturated rings. The topological polar surface area (TPSA) is 55.6 Å². The zero-order valence-electron chi connectivity index (χ0n) is 11.8. The van der Waals surface area contributed by atoms with Crippen LogP contribution in [0.2, 0.25) is 0 Å². The summed E-state index contributed by atoms with van der Waals surface area (Å²) in [5, 5.41) is 7.62. The van der Waals surface area contributed by atoms with Gasteiger partial charge in [-0.25, -0.2) is 9.97 Å². The van der Waals surface area contributed by atoms with Crippen molar-refractivity contribution in [3.63, 3.8) is 0 Å². The molecule has 2 rings (SSSR count). The first-order chi connectivity index (χ1) is 9.26. The van der Waals surface area contributed by atoms with Crippen LogP contribution in [-0.4, -0.2) is 26.3 Å². The van der Waals surface area contributed by atoms with E-state index in [1.54, 1.807) is 0 Å². The van der Waals surface area contributed by atoms with E-state index in [-0.39, 0.29) is 0 Å². The van der Waals surface area contributed by atoms with Gasteiger partial charge in [0.25, 0.3) is 0 Å². The van der Waals surface area contributed by atoms with Gasteiger partial charge in [0, 0.05) is 37.3 Å². The third-order valence-electron chi connectivity index (χ3n) is 2.90. The molecule has 0 saturated carbocycles. The Bertz CT molecular complexity index is 532. The molecule has 0 atom stereocenters. The molecule has 0 aliphatic carbocycles. The first kappa shape index (κ1) is 13.5. The fourth-order valence-corrected chi connectivity index (χ4v) is 1.82. The van der Waals surface area contributed by atoms with Crippen molar-refractivity contribution in [3.8, 4) is 11.3 Å². The minimum atomic E-state index is 0.830. The Hall–Kier alpha value is -1.91. The Morgan fingerprint density at radius 2 is 2.05 bits per heavy atom. The molecular formula is C14H21N5. The second-order valence-corrected chi connectivity index (χ2v) is 4.42. The van der Waals surface area contributed by atoms with Gasteiger partial charge >= 0.3 is 0 Å². The van der Waals surface area contributed by atoms with Gasteiger partial charge in [-0.2, -0.15) is 5.10 Å². The third-order valence-corrected chi connectivity index (χ3v) is 2.90. The Morgan fingerprint density at radius 3 is 2.68 bits per heavy atom. The van der Waals surface area contributed by atoms with E-state index in [9.17, 15) is 0 Å². The molecule has 0 aliphatic rings. The molecule has 0 aliphatic heterocycles. The molecule has 2 heterocycles. The second-order valence-electron chi connectivity index (χ2n) is 4.42. The van der Waals surface area contributed by atoms with Crippen LogP contribution in [0.4, 0.5) is 5.82 Å². The average molecular weight is 259 g/mol. The fourth-order valence-electron chi connectivity index (χ4n) is 1.82. The smallest absolute Gasteiger partial charge is 0.131 e. The van der Waals surface area contributed by atoms with Crippen LogP contribution in [0, 0.1) is 0 Å². The van der Waals surface area contributed by atoms with Gasteiger partial charge in [-0.3, -0.25) is 4.68 Å². The number of aryl methyl sites for hydroxylation is 2. The van der Waals surface area contributed by atoms with Gasteiger partial charge in [-0.05, 0) is 13.3 Å². The summed E-state index contributed by atoms with van der Waals surface area (Å²) >= 11 is 0. The summed E-state index contributed by atoms with van der Waals surface area (Å²) in [4.78, 5) is 9.07. The van der Waals surface area contributed by atoms with Crippen LogP contribution in [0.1, 0.15) is 33.0 Å². The summed E-state index contributed by atoms with van der Waals surface area (Å²) < 4.78 is 1.90. The van der Waals surface area contributed by atoms with Gasteiger partial charge in [0.2, 0.25) is 0 Å². The summed E-state index contributed by atoms with van der Waals surface area (Å²) in [7, 11) is 0. The van der Waals surface area contributed by atoms with Gasteiger partial charge in [0.1, 0.15) is 11.6 Å². The zero-order valence-corrected chi connectivity index (χ0v) is 11.8. The van der Waals surface area contributed by atoms with E-state index < -0.39 is 0 Å². The Labute approximate surface area is 114 Å². The highest BCUT2D eigenvalue weighted by Gasteiger charge is 2.07. The molecule has 0 saturated heterocycles. The second kappa shape index (κ2) is 6.31. The standard InChI is InChI=1S/C14H21N5/c1-4-7-15-14-8-12(17-13(5-2)18-14)11-9-16-19(6-3)10-11/h8-10H,4-7H2,1-3H3,(H,15,17,18). The van der Waals surface area contributed by atoms with Gasteiger partial charge in [0.05, 0.1) is 11.9 Å². The number of aromatic nitrogens is 4. The lowest BCUT2D eigenvalue weighted by atomic mass is 10.2. The lowest BCUT2D eigenvalue weighted by Gasteiger charge is -2.07. The highest BCUT2D eigenvalue weighted by Crippen LogP contribution is 2.19. The summed E-state index contributed by atoms with van der Waals surface area (Å²) in [6.45, 7) is 8.07. The minimum Gasteiger partial charge on any atom is -0.370 e. The van der Waals surface area contributed by atoms with Gasteiger partial charge in [-0.1, -0.05) is 13.8 Å². The van der Waals surface area contributed by atoms with E-state index in [0.29, 0.717) is 0 Å². The quantitative estimate of drug-likeness (QED) is 0.866. The third kappa shape index (κ3) is 3.30. The summed E-state index contributed by atoms with van der Waals surface area (Å²) in [6, 6.07) is 1.99. The molecule has 0 amide bonds. The number of nitrogens with zero attached hydrogens (tertiary/aromatic N) is 4. The number of nitrogens with one attached hydrogen (secondary N) is 1. The van der Waals surface area contributed by atoms with E-state index >= 15 is 0 Å².